The first-order valence-corrected chi connectivity index (χ1v) is 10.8. The molecule has 9 heteroatoms. The minimum atomic E-state index is -4.57. The van der Waals surface area contributed by atoms with E-state index in [0.717, 1.165) is 17.0 Å². The number of hydrogen-bond donors (Lipinski definition) is 1. The first-order chi connectivity index (χ1) is 16.6. The van der Waals surface area contributed by atoms with Gasteiger partial charge in [0.05, 0.1) is 24.3 Å². The van der Waals surface area contributed by atoms with Crippen molar-refractivity contribution in [2.45, 2.75) is 18.8 Å². The van der Waals surface area contributed by atoms with Crippen molar-refractivity contribution in [3.05, 3.63) is 106 Å². The Kier molecular flexibility index (Phi) is 6.58. The van der Waals surface area contributed by atoms with Crippen LogP contribution in [0.5, 0.6) is 5.75 Å². The van der Waals surface area contributed by atoms with E-state index in [2.05, 4.69) is 0 Å². The summed E-state index contributed by atoms with van der Waals surface area (Å²) in [5, 5.41) is 11.4. The van der Waals surface area contributed by atoms with Gasteiger partial charge in [-0.1, -0.05) is 48.0 Å². The summed E-state index contributed by atoms with van der Waals surface area (Å²) in [6.07, 6.45) is -4.57. The number of likely N-dealkylation sites (tertiary alicyclic amines) is 1. The fourth-order valence-electron chi connectivity index (χ4n) is 4.04. The summed E-state index contributed by atoms with van der Waals surface area (Å²) >= 11 is 6.04. The van der Waals surface area contributed by atoms with Gasteiger partial charge in [-0.25, -0.2) is 0 Å². The Labute approximate surface area is 204 Å². The Balaban J connectivity index is 1.86. The number of methoxy groups -OCH3 is 1. The van der Waals surface area contributed by atoms with Gasteiger partial charge in [0.25, 0.3) is 11.7 Å². The van der Waals surface area contributed by atoms with Crippen LogP contribution < -0.4 is 4.74 Å². The van der Waals surface area contributed by atoms with Crippen molar-refractivity contribution in [2.75, 3.05) is 7.11 Å². The Morgan fingerprint density at radius 1 is 1.03 bits per heavy atom. The van der Waals surface area contributed by atoms with Gasteiger partial charge in [0.2, 0.25) is 0 Å². The average Bonchev–Trinajstić information content (AvgIpc) is 3.08. The van der Waals surface area contributed by atoms with Crippen LogP contribution >= 0.6 is 11.6 Å². The Morgan fingerprint density at radius 3 is 2.43 bits per heavy atom. The monoisotopic (exact) mass is 501 g/mol. The van der Waals surface area contributed by atoms with Gasteiger partial charge in [-0.3, -0.25) is 9.59 Å². The molecule has 3 aromatic rings. The van der Waals surface area contributed by atoms with Gasteiger partial charge in [-0.05, 0) is 47.5 Å². The summed E-state index contributed by atoms with van der Waals surface area (Å²) in [5.74, 6) is -1.90. The fraction of sp³-hybridized carbons (Fsp3) is 0.154. The highest BCUT2D eigenvalue weighted by Crippen LogP contribution is 2.41. The van der Waals surface area contributed by atoms with Crippen molar-refractivity contribution in [1.29, 1.82) is 0 Å². The number of aliphatic hydroxyl groups is 1. The molecular formula is C26H19ClF3NO4. The average molecular weight is 502 g/mol. The highest BCUT2D eigenvalue weighted by atomic mass is 35.5. The van der Waals surface area contributed by atoms with Crippen LogP contribution in [0.2, 0.25) is 5.02 Å². The molecule has 1 fully saturated rings. The number of halogens is 4. The largest absolute Gasteiger partial charge is 0.507 e. The van der Waals surface area contributed by atoms with E-state index in [0.29, 0.717) is 16.3 Å². The van der Waals surface area contributed by atoms with E-state index in [9.17, 15) is 27.9 Å². The van der Waals surface area contributed by atoms with E-state index < -0.39 is 35.2 Å². The normalized spacial score (nSPS) is 17.6. The van der Waals surface area contributed by atoms with Crippen molar-refractivity contribution < 1.29 is 32.6 Å². The van der Waals surface area contributed by atoms with Crippen molar-refractivity contribution in [2.24, 2.45) is 0 Å². The van der Waals surface area contributed by atoms with Crippen LogP contribution in [0.3, 0.4) is 0 Å². The summed E-state index contributed by atoms with van der Waals surface area (Å²) < 4.78 is 45.0. The lowest BCUT2D eigenvalue weighted by atomic mass is 9.95. The smallest absolute Gasteiger partial charge is 0.416 e. The third-order valence-corrected chi connectivity index (χ3v) is 5.89. The van der Waals surface area contributed by atoms with Crippen LogP contribution in [0.1, 0.15) is 28.3 Å². The summed E-state index contributed by atoms with van der Waals surface area (Å²) in [6, 6.07) is 16.2. The van der Waals surface area contributed by atoms with E-state index in [4.69, 9.17) is 16.3 Å². The number of ether oxygens (including phenoxy) is 1. The number of rotatable bonds is 5. The summed E-state index contributed by atoms with van der Waals surface area (Å²) in [7, 11) is 1.45. The van der Waals surface area contributed by atoms with Crippen LogP contribution in [-0.2, 0) is 22.3 Å². The maximum Gasteiger partial charge on any atom is 0.416 e. The zero-order chi connectivity index (χ0) is 25.3. The molecule has 1 N–H and O–H groups in total. The second kappa shape index (κ2) is 9.46. The molecule has 1 heterocycles. The zero-order valence-electron chi connectivity index (χ0n) is 18.3. The van der Waals surface area contributed by atoms with E-state index in [1.54, 1.807) is 36.4 Å². The molecule has 0 aromatic heterocycles. The van der Waals surface area contributed by atoms with Crippen molar-refractivity contribution >= 4 is 29.1 Å². The Morgan fingerprint density at radius 2 is 1.74 bits per heavy atom. The molecule has 1 saturated heterocycles. The quantitative estimate of drug-likeness (QED) is 0.265. The van der Waals surface area contributed by atoms with Crippen LogP contribution in [0.25, 0.3) is 5.76 Å². The molecule has 4 rings (SSSR count). The summed E-state index contributed by atoms with van der Waals surface area (Å²) in [5.41, 5.74) is -0.222. The third-order valence-electron chi connectivity index (χ3n) is 5.65. The summed E-state index contributed by atoms with van der Waals surface area (Å²) in [4.78, 5) is 27.4. The number of aliphatic hydroxyl groups excluding tert-OH is 1. The molecular weight excluding hydrogens is 483 g/mol. The molecule has 0 radical (unpaired) electrons. The molecule has 0 bridgehead atoms. The number of carbonyl (C=O) groups excluding carboxylic acids is 2. The first kappa shape index (κ1) is 24.3. The lowest BCUT2D eigenvalue weighted by Gasteiger charge is -2.26. The SMILES string of the molecule is COc1cccc(C2/C(=C(\O)c3cccc(Cl)c3)C(=O)C(=O)N2Cc2cccc(C(F)(F)F)c2)c1. The molecule has 5 nitrogen and oxygen atoms in total. The first-order valence-electron chi connectivity index (χ1n) is 10.4. The Bertz CT molecular complexity index is 1340. The standard InChI is InChI=1S/C26H19ClF3NO4/c1-35-20-10-4-6-16(13-20)22-21(23(32)17-7-3-9-19(27)12-17)24(33)25(34)31(22)14-15-5-2-8-18(11-15)26(28,29)30/h2-13,22,32H,14H2,1H3/b23-21+. The van der Waals surface area contributed by atoms with Gasteiger partial charge in [-0.15, -0.1) is 0 Å². The number of hydrogen-bond acceptors (Lipinski definition) is 4. The van der Waals surface area contributed by atoms with Crippen LogP contribution in [0.15, 0.2) is 78.4 Å². The van der Waals surface area contributed by atoms with Crippen molar-refractivity contribution in [3.8, 4) is 5.75 Å². The van der Waals surface area contributed by atoms with Crippen molar-refractivity contribution in [3.63, 3.8) is 0 Å². The van der Waals surface area contributed by atoms with Gasteiger partial charge in [0.1, 0.15) is 11.5 Å². The molecule has 0 aliphatic carbocycles. The van der Waals surface area contributed by atoms with E-state index >= 15 is 0 Å². The predicted molar refractivity (Wildman–Crippen MR) is 124 cm³/mol. The lowest BCUT2D eigenvalue weighted by molar-refractivity contribution is -0.140. The number of carbonyl (C=O) groups is 2. The number of alkyl halides is 3. The maximum absolute atomic E-state index is 13.2. The molecule has 1 aliphatic heterocycles. The number of Topliss-reactive ketones (excluding diaryl/α,β-unsaturated/α-hetero) is 1. The minimum absolute atomic E-state index is 0.178. The number of amides is 1. The molecule has 1 atom stereocenters. The lowest BCUT2D eigenvalue weighted by Crippen LogP contribution is -2.29. The number of ketones is 1. The Hall–Kier alpha value is -3.78. The topological polar surface area (TPSA) is 66.8 Å². The van der Waals surface area contributed by atoms with E-state index in [1.165, 1.54) is 31.4 Å². The zero-order valence-corrected chi connectivity index (χ0v) is 19.1. The fourth-order valence-corrected chi connectivity index (χ4v) is 4.23. The van der Waals surface area contributed by atoms with Gasteiger partial charge >= 0.3 is 6.18 Å². The second-order valence-electron chi connectivity index (χ2n) is 7.91. The molecule has 1 aliphatic rings. The van der Waals surface area contributed by atoms with Crippen molar-refractivity contribution in [1.82, 2.24) is 4.90 Å². The van der Waals surface area contributed by atoms with Gasteiger partial charge < -0.3 is 14.7 Å². The van der Waals surface area contributed by atoms with Gasteiger partial charge in [-0.2, -0.15) is 13.2 Å². The molecule has 35 heavy (non-hydrogen) atoms. The number of benzene rings is 3. The minimum Gasteiger partial charge on any atom is -0.507 e. The van der Waals surface area contributed by atoms with Gasteiger partial charge in [0.15, 0.2) is 0 Å². The molecule has 3 aromatic carbocycles. The second-order valence-corrected chi connectivity index (χ2v) is 8.35. The van der Waals surface area contributed by atoms with Gasteiger partial charge in [0, 0.05) is 17.1 Å². The highest BCUT2D eigenvalue weighted by Gasteiger charge is 2.46. The maximum atomic E-state index is 13.2. The summed E-state index contributed by atoms with van der Waals surface area (Å²) in [6.45, 7) is -0.289. The molecule has 180 valence electrons. The molecule has 1 amide bonds. The third kappa shape index (κ3) is 4.88. The van der Waals surface area contributed by atoms with Crippen LogP contribution in [-0.4, -0.2) is 28.8 Å². The molecule has 0 saturated carbocycles. The molecule has 1 unspecified atom stereocenters. The van der Waals surface area contributed by atoms with E-state index in [-0.39, 0.29) is 23.2 Å². The van der Waals surface area contributed by atoms with E-state index in [1.807, 2.05) is 0 Å². The van der Waals surface area contributed by atoms with Crippen LogP contribution in [0.4, 0.5) is 13.2 Å². The number of nitrogens with zero attached hydrogens (tertiary/aromatic N) is 1. The van der Waals surface area contributed by atoms with Crippen LogP contribution in [0, 0.1) is 0 Å². The predicted octanol–water partition coefficient (Wildman–Crippen LogP) is 5.99. The molecule has 0 spiro atoms. The highest BCUT2D eigenvalue weighted by molar-refractivity contribution is 6.46.